The largest absolute Gasteiger partial charge is 0.458 e. The molecule has 6 aromatic carbocycles. The molecule has 0 aliphatic rings. The molecule has 0 aliphatic carbocycles. The third-order valence-corrected chi connectivity index (χ3v) is 6.60. The lowest BCUT2D eigenvalue weighted by Gasteiger charge is -2.23. The lowest BCUT2D eigenvalue weighted by molar-refractivity contribution is 0.484. The highest BCUT2D eigenvalue weighted by Crippen LogP contribution is 2.25. The van der Waals surface area contributed by atoms with Gasteiger partial charge in [-0.25, -0.2) is 0 Å². The summed E-state index contributed by atoms with van der Waals surface area (Å²) in [6.45, 7) is -0.250. The summed E-state index contributed by atoms with van der Waals surface area (Å²) in [5.74, 6) is 4.62. The van der Waals surface area contributed by atoms with E-state index in [1.165, 1.54) is 0 Å². The topological polar surface area (TPSA) is 27.7 Å². The van der Waals surface area contributed by atoms with Gasteiger partial charge in [-0.2, -0.15) is 0 Å². The molecule has 0 heterocycles. The van der Waals surface area contributed by atoms with E-state index in [9.17, 15) is 0 Å². The van der Waals surface area contributed by atoms with Crippen molar-refractivity contribution in [3.8, 4) is 34.5 Å². The summed E-state index contributed by atoms with van der Waals surface area (Å²) in [4.78, 5) is 0. The Morgan fingerprint density at radius 3 is 0.825 bits per heavy atom. The Kier molecular flexibility index (Phi) is 7.59. The fraction of sp³-hybridized carbons (Fsp3) is 0. The monoisotopic (exact) mass is 518 g/mol. The van der Waals surface area contributed by atoms with Gasteiger partial charge in [-0.3, -0.25) is 0 Å². The van der Waals surface area contributed by atoms with Crippen molar-refractivity contribution in [1.82, 2.24) is 0 Å². The van der Waals surface area contributed by atoms with Crippen molar-refractivity contribution >= 4 is 23.1 Å². The van der Waals surface area contributed by atoms with Crippen molar-refractivity contribution < 1.29 is 14.2 Å². The minimum absolute atomic E-state index is 0.250. The quantitative estimate of drug-likeness (QED) is 0.185. The minimum atomic E-state index is -0.250. The molecule has 0 aliphatic heterocycles. The zero-order valence-electron chi connectivity index (χ0n) is 21.9. The lowest BCUT2D eigenvalue weighted by atomic mass is 9.36. The van der Waals surface area contributed by atoms with Crippen LogP contribution in [-0.4, -0.2) is 6.71 Å². The number of hydrogen-bond acceptors (Lipinski definition) is 3. The van der Waals surface area contributed by atoms with Crippen LogP contribution in [0.2, 0.25) is 0 Å². The summed E-state index contributed by atoms with van der Waals surface area (Å²) in [5, 5.41) is 0. The summed E-state index contributed by atoms with van der Waals surface area (Å²) >= 11 is 0. The average molecular weight is 518 g/mol. The Hall–Kier alpha value is -5.22. The maximum absolute atomic E-state index is 6.47. The summed E-state index contributed by atoms with van der Waals surface area (Å²) < 4.78 is 19.4. The molecular formula is C36H27BO3. The zero-order chi connectivity index (χ0) is 27.0. The van der Waals surface area contributed by atoms with E-state index < -0.39 is 0 Å². The second-order valence-electron chi connectivity index (χ2n) is 9.29. The van der Waals surface area contributed by atoms with E-state index in [2.05, 4.69) is 18.2 Å². The van der Waals surface area contributed by atoms with Crippen molar-refractivity contribution in [1.29, 1.82) is 0 Å². The van der Waals surface area contributed by atoms with Crippen molar-refractivity contribution in [2.24, 2.45) is 0 Å². The molecule has 4 heteroatoms. The van der Waals surface area contributed by atoms with Crippen LogP contribution in [0.1, 0.15) is 0 Å². The summed E-state index contributed by atoms with van der Waals surface area (Å²) in [6.07, 6.45) is 0. The highest BCUT2D eigenvalue weighted by atomic mass is 16.5. The van der Waals surface area contributed by atoms with Crippen LogP contribution in [0.15, 0.2) is 164 Å². The average Bonchev–Trinajstić information content (AvgIpc) is 3.01. The predicted molar refractivity (Wildman–Crippen MR) is 164 cm³/mol. The second-order valence-corrected chi connectivity index (χ2v) is 9.29. The first-order valence-electron chi connectivity index (χ1n) is 13.3. The van der Waals surface area contributed by atoms with E-state index in [1.807, 2.05) is 146 Å². The van der Waals surface area contributed by atoms with E-state index in [4.69, 9.17) is 14.2 Å². The van der Waals surface area contributed by atoms with Gasteiger partial charge >= 0.3 is 0 Å². The summed E-state index contributed by atoms with van der Waals surface area (Å²) in [5.41, 5.74) is 3.00. The number of para-hydroxylation sites is 6. The van der Waals surface area contributed by atoms with Crippen LogP contribution in [0.25, 0.3) is 0 Å². The maximum Gasteiger partial charge on any atom is 0.255 e. The Balaban J connectivity index is 1.52. The van der Waals surface area contributed by atoms with Gasteiger partial charge in [0.05, 0.1) is 0 Å². The second kappa shape index (κ2) is 12.1. The van der Waals surface area contributed by atoms with Crippen LogP contribution in [0, 0.1) is 0 Å². The molecule has 0 spiro atoms. The van der Waals surface area contributed by atoms with Gasteiger partial charge in [0.15, 0.2) is 0 Å². The summed E-state index contributed by atoms with van der Waals surface area (Å²) in [6, 6.07) is 54.1. The third kappa shape index (κ3) is 5.77. The Labute approximate surface area is 235 Å². The van der Waals surface area contributed by atoms with E-state index >= 15 is 0 Å². The fourth-order valence-corrected chi connectivity index (χ4v) is 4.78. The smallest absolute Gasteiger partial charge is 0.255 e. The van der Waals surface area contributed by atoms with E-state index in [1.54, 1.807) is 0 Å². The number of hydrogen-bond donors (Lipinski definition) is 0. The molecule has 192 valence electrons. The minimum Gasteiger partial charge on any atom is -0.458 e. The van der Waals surface area contributed by atoms with Gasteiger partial charge in [0.25, 0.3) is 6.71 Å². The van der Waals surface area contributed by atoms with Gasteiger partial charge < -0.3 is 14.2 Å². The molecular weight excluding hydrogens is 491 g/mol. The molecule has 6 aromatic rings. The Morgan fingerprint density at radius 1 is 0.275 bits per heavy atom. The lowest BCUT2D eigenvalue weighted by Crippen LogP contribution is -2.53. The molecule has 0 fully saturated rings. The van der Waals surface area contributed by atoms with Gasteiger partial charge in [-0.15, -0.1) is 0 Å². The molecule has 0 unspecified atom stereocenters. The van der Waals surface area contributed by atoms with Crippen molar-refractivity contribution in [3.63, 3.8) is 0 Å². The van der Waals surface area contributed by atoms with Crippen molar-refractivity contribution in [2.75, 3.05) is 0 Å². The molecule has 0 saturated heterocycles. The van der Waals surface area contributed by atoms with E-state index in [0.717, 1.165) is 50.9 Å². The van der Waals surface area contributed by atoms with Crippen LogP contribution in [0.3, 0.4) is 0 Å². The number of rotatable bonds is 9. The normalized spacial score (nSPS) is 10.5. The molecule has 0 saturated carbocycles. The number of benzene rings is 6. The predicted octanol–water partition coefficient (Wildman–Crippen LogP) is 7.58. The highest BCUT2D eigenvalue weighted by Gasteiger charge is 2.31. The number of ether oxygens (including phenoxy) is 3. The molecule has 6 rings (SSSR count). The molecule has 0 radical (unpaired) electrons. The van der Waals surface area contributed by atoms with Crippen molar-refractivity contribution in [3.05, 3.63) is 164 Å². The Bertz CT molecular complexity index is 1470. The molecule has 0 N–H and O–H groups in total. The highest BCUT2D eigenvalue weighted by molar-refractivity contribution is 6.97. The first kappa shape index (κ1) is 25.1. The molecule has 0 atom stereocenters. The maximum atomic E-state index is 6.47. The zero-order valence-corrected chi connectivity index (χ0v) is 21.9. The van der Waals surface area contributed by atoms with Crippen molar-refractivity contribution in [2.45, 2.75) is 0 Å². The van der Waals surface area contributed by atoms with Crippen LogP contribution in [0.5, 0.6) is 34.5 Å². The molecule has 0 amide bonds. The third-order valence-electron chi connectivity index (χ3n) is 6.60. The molecule has 3 nitrogen and oxygen atoms in total. The molecule has 0 bridgehead atoms. The van der Waals surface area contributed by atoms with Gasteiger partial charge in [0, 0.05) is 0 Å². The van der Waals surface area contributed by atoms with Gasteiger partial charge in [0.1, 0.15) is 34.5 Å². The summed E-state index contributed by atoms with van der Waals surface area (Å²) in [7, 11) is 0. The van der Waals surface area contributed by atoms with Crippen LogP contribution in [0.4, 0.5) is 0 Å². The van der Waals surface area contributed by atoms with Crippen LogP contribution in [-0.2, 0) is 0 Å². The van der Waals surface area contributed by atoms with Crippen LogP contribution < -0.4 is 30.6 Å². The van der Waals surface area contributed by atoms with Gasteiger partial charge in [0.2, 0.25) is 0 Å². The first-order valence-corrected chi connectivity index (χ1v) is 13.3. The SMILES string of the molecule is c1ccc(Oc2ccccc2B(c2ccccc2Oc2ccccc2)c2ccccc2Oc2ccccc2)cc1. The van der Waals surface area contributed by atoms with Gasteiger partial charge in [-0.05, 0) is 71.0 Å². The first-order chi connectivity index (χ1) is 19.8. The fourth-order valence-electron chi connectivity index (χ4n) is 4.78. The standard InChI is InChI=1S/C36H27BO3/c1-4-16-28(17-5-1)38-34-25-13-10-22-31(34)37(32-23-11-14-26-35(32)39-29-18-6-2-7-19-29)33-24-12-15-27-36(33)40-30-20-8-3-9-21-30/h1-27H. The Morgan fingerprint density at radius 2 is 0.525 bits per heavy atom. The van der Waals surface area contributed by atoms with E-state index in [-0.39, 0.29) is 6.71 Å². The molecule has 40 heavy (non-hydrogen) atoms. The van der Waals surface area contributed by atoms with Gasteiger partial charge in [-0.1, -0.05) is 109 Å². The molecule has 0 aromatic heterocycles. The van der Waals surface area contributed by atoms with Crippen LogP contribution >= 0.6 is 0 Å². The van der Waals surface area contributed by atoms with E-state index in [0.29, 0.717) is 0 Å².